The van der Waals surface area contributed by atoms with E-state index in [1.54, 1.807) is 6.07 Å². The number of hydrogen-bond donors (Lipinski definition) is 0. The van der Waals surface area contributed by atoms with E-state index < -0.39 is 0 Å². The van der Waals surface area contributed by atoms with Gasteiger partial charge in [0.25, 0.3) is 0 Å². The zero-order valence-corrected chi connectivity index (χ0v) is 8.32. The molecule has 0 atom stereocenters. The average Bonchev–Trinajstić information content (AvgIpc) is 2.27. The van der Waals surface area contributed by atoms with Crippen molar-refractivity contribution in [3.05, 3.63) is 24.0 Å². The topological polar surface area (TPSA) is 44.2 Å². The third-order valence-corrected chi connectivity index (χ3v) is 1.98. The van der Waals surface area contributed by atoms with Crippen molar-refractivity contribution in [3.63, 3.8) is 0 Å². The Morgan fingerprint density at radius 3 is 2.60 bits per heavy atom. The Kier molecular flexibility index (Phi) is 2.37. The van der Waals surface area contributed by atoms with Gasteiger partial charge in [-0.3, -0.25) is 0 Å². The summed E-state index contributed by atoms with van der Waals surface area (Å²) in [6.45, 7) is 0. The van der Waals surface area contributed by atoms with Crippen LogP contribution in [0.1, 0.15) is 0 Å². The summed E-state index contributed by atoms with van der Waals surface area (Å²) >= 11 is 0. The fourth-order valence-corrected chi connectivity index (χ4v) is 1.30. The highest BCUT2D eigenvalue weighted by molar-refractivity contribution is 5.83. The van der Waals surface area contributed by atoms with Gasteiger partial charge in [-0.2, -0.15) is 9.97 Å². The third-order valence-electron chi connectivity index (χ3n) is 1.98. The molecule has 0 N–H and O–H groups in total. The molecule has 2 aromatic rings. The molecule has 1 heterocycles. The molecule has 2 rings (SSSR count). The van der Waals surface area contributed by atoms with Crippen LogP contribution in [0.4, 0.5) is 4.39 Å². The number of nitrogens with zero attached hydrogens (tertiary/aromatic N) is 2. The van der Waals surface area contributed by atoms with Gasteiger partial charge in [-0.05, 0) is 18.2 Å². The highest BCUT2D eigenvalue weighted by Crippen LogP contribution is 2.24. The molecule has 1 aromatic heterocycles. The summed E-state index contributed by atoms with van der Waals surface area (Å²) in [6, 6.07) is 4.41. The number of hydrogen-bond acceptors (Lipinski definition) is 4. The summed E-state index contributed by atoms with van der Waals surface area (Å²) in [4.78, 5) is 8.02. The van der Waals surface area contributed by atoms with Crippen molar-refractivity contribution in [3.8, 4) is 11.9 Å². The van der Waals surface area contributed by atoms with Gasteiger partial charge in [0.05, 0.1) is 25.1 Å². The molecule has 0 saturated heterocycles. The number of halogens is 1. The van der Waals surface area contributed by atoms with Crippen LogP contribution in [-0.2, 0) is 0 Å². The van der Waals surface area contributed by atoms with Crippen LogP contribution in [0.5, 0.6) is 11.9 Å². The van der Waals surface area contributed by atoms with E-state index in [0.29, 0.717) is 16.8 Å². The zero-order chi connectivity index (χ0) is 10.8. The molecule has 0 saturated carbocycles. The predicted molar refractivity (Wildman–Crippen MR) is 52.6 cm³/mol. The number of rotatable bonds is 2. The van der Waals surface area contributed by atoms with Gasteiger partial charge in [0, 0.05) is 0 Å². The van der Waals surface area contributed by atoms with E-state index >= 15 is 0 Å². The minimum absolute atomic E-state index is 0.200. The summed E-state index contributed by atoms with van der Waals surface area (Å²) in [6.07, 6.45) is 0. The second-order valence-corrected chi connectivity index (χ2v) is 2.88. The van der Waals surface area contributed by atoms with Crippen molar-refractivity contribution in [2.75, 3.05) is 14.2 Å². The second-order valence-electron chi connectivity index (χ2n) is 2.88. The van der Waals surface area contributed by atoms with Gasteiger partial charge in [-0.25, -0.2) is 4.39 Å². The van der Waals surface area contributed by atoms with Gasteiger partial charge in [0.2, 0.25) is 5.88 Å². The van der Waals surface area contributed by atoms with Crippen molar-refractivity contribution < 1.29 is 13.9 Å². The standard InChI is InChI=1S/C10H9FN2O2/c1-14-9-7-5-6(11)3-4-8(7)12-10(13-9)15-2/h3-5H,1-2H3. The molecular weight excluding hydrogens is 199 g/mol. The Morgan fingerprint density at radius 2 is 1.93 bits per heavy atom. The van der Waals surface area contributed by atoms with Crippen LogP contribution in [0.2, 0.25) is 0 Å². The van der Waals surface area contributed by atoms with E-state index in [2.05, 4.69) is 9.97 Å². The summed E-state index contributed by atoms with van der Waals surface area (Å²) in [7, 11) is 2.93. The minimum Gasteiger partial charge on any atom is -0.480 e. The Hall–Kier alpha value is -1.91. The molecule has 4 nitrogen and oxygen atoms in total. The van der Waals surface area contributed by atoms with Crippen molar-refractivity contribution >= 4 is 10.9 Å². The lowest BCUT2D eigenvalue weighted by Gasteiger charge is -2.05. The van der Waals surface area contributed by atoms with Gasteiger partial charge in [0.1, 0.15) is 5.82 Å². The maximum absolute atomic E-state index is 13.0. The average molecular weight is 208 g/mol. The smallest absolute Gasteiger partial charge is 0.320 e. The maximum Gasteiger partial charge on any atom is 0.320 e. The van der Waals surface area contributed by atoms with Gasteiger partial charge >= 0.3 is 6.01 Å². The van der Waals surface area contributed by atoms with E-state index in [0.717, 1.165) is 0 Å². The lowest BCUT2D eigenvalue weighted by molar-refractivity contribution is 0.357. The molecule has 0 unspecified atom stereocenters. The molecule has 78 valence electrons. The molecule has 0 spiro atoms. The summed E-state index contributed by atoms with van der Waals surface area (Å²) in [5.41, 5.74) is 0.583. The molecule has 0 aliphatic carbocycles. The summed E-state index contributed by atoms with van der Waals surface area (Å²) < 4.78 is 22.9. The molecule has 0 amide bonds. The number of fused-ring (bicyclic) bond motifs is 1. The van der Waals surface area contributed by atoms with Crippen LogP contribution in [0, 0.1) is 5.82 Å². The number of aromatic nitrogens is 2. The van der Waals surface area contributed by atoms with Crippen LogP contribution in [0.15, 0.2) is 18.2 Å². The molecule has 1 aromatic carbocycles. The molecule has 0 bridgehead atoms. The SMILES string of the molecule is COc1nc(OC)c2cc(F)ccc2n1. The van der Waals surface area contributed by atoms with E-state index in [9.17, 15) is 4.39 Å². The monoisotopic (exact) mass is 208 g/mol. The van der Waals surface area contributed by atoms with Crippen molar-refractivity contribution in [1.29, 1.82) is 0 Å². The number of benzene rings is 1. The quantitative estimate of drug-likeness (QED) is 0.754. The molecule has 15 heavy (non-hydrogen) atoms. The number of ether oxygens (including phenoxy) is 2. The Bertz CT molecular complexity index is 502. The van der Waals surface area contributed by atoms with E-state index in [-0.39, 0.29) is 11.8 Å². The molecular formula is C10H9FN2O2. The first-order valence-electron chi connectivity index (χ1n) is 4.30. The summed E-state index contributed by atoms with van der Waals surface area (Å²) in [5.74, 6) is -0.0501. The molecule has 0 fully saturated rings. The maximum atomic E-state index is 13.0. The Labute approximate surface area is 85.7 Å². The lowest BCUT2D eigenvalue weighted by atomic mass is 10.2. The minimum atomic E-state index is -0.352. The van der Waals surface area contributed by atoms with Crippen molar-refractivity contribution in [2.45, 2.75) is 0 Å². The van der Waals surface area contributed by atoms with Crippen LogP contribution in [0.25, 0.3) is 10.9 Å². The largest absolute Gasteiger partial charge is 0.480 e. The van der Waals surface area contributed by atoms with Crippen LogP contribution < -0.4 is 9.47 Å². The van der Waals surface area contributed by atoms with Gasteiger partial charge < -0.3 is 9.47 Å². The van der Waals surface area contributed by atoms with E-state index in [1.807, 2.05) is 0 Å². The first-order valence-corrected chi connectivity index (χ1v) is 4.30. The zero-order valence-electron chi connectivity index (χ0n) is 8.32. The molecule has 0 radical (unpaired) electrons. The highest BCUT2D eigenvalue weighted by Gasteiger charge is 2.08. The third kappa shape index (κ3) is 1.68. The van der Waals surface area contributed by atoms with Crippen LogP contribution in [0.3, 0.4) is 0 Å². The second kappa shape index (κ2) is 3.68. The fraction of sp³-hybridized carbons (Fsp3) is 0.200. The number of methoxy groups -OCH3 is 2. The lowest BCUT2D eigenvalue weighted by Crippen LogP contribution is -1.97. The van der Waals surface area contributed by atoms with E-state index in [1.165, 1.54) is 26.4 Å². The van der Waals surface area contributed by atoms with Crippen LogP contribution in [-0.4, -0.2) is 24.2 Å². The van der Waals surface area contributed by atoms with Crippen LogP contribution >= 0.6 is 0 Å². The first kappa shape index (κ1) is 9.64. The summed E-state index contributed by atoms with van der Waals surface area (Å²) in [5, 5.41) is 0.526. The molecule has 5 heteroatoms. The Balaban J connectivity index is 2.75. The van der Waals surface area contributed by atoms with Gasteiger partial charge in [-0.1, -0.05) is 0 Å². The highest BCUT2D eigenvalue weighted by atomic mass is 19.1. The van der Waals surface area contributed by atoms with Crippen molar-refractivity contribution in [1.82, 2.24) is 9.97 Å². The van der Waals surface area contributed by atoms with E-state index in [4.69, 9.17) is 9.47 Å². The van der Waals surface area contributed by atoms with Crippen molar-refractivity contribution in [2.24, 2.45) is 0 Å². The molecule has 0 aliphatic rings. The predicted octanol–water partition coefficient (Wildman–Crippen LogP) is 1.79. The molecule has 0 aliphatic heterocycles. The van der Waals surface area contributed by atoms with Gasteiger partial charge in [-0.15, -0.1) is 0 Å². The fourth-order valence-electron chi connectivity index (χ4n) is 1.30. The normalized spacial score (nSPS) is 10.3. The van der Waals surface area contributed by atoms with Gasteiger partial charge in [0.15, 0.2) is 0 Å². The first-order chi connectivity index (χ1) is 7.24. The Morgan fingerprint density at radius 1 is 1.13 bits per heavy atom.